The van der Waals surface area contributed by atoms with Gasteiger partial charge in [-0.25, -0.2) is 4.79 Å². The van der Waals surface area contributed by atoms with Crippen LogP contribution in [0.1, 0.15) is 50.9 Å². The summed E-state index contributed by atoms with van der Waals surface area (Å²) >= 11 is 0. The van der Waals surface area contributed by atoms with E-state index in [0.29, 0.717) is 12.4 Å². The Morgan fingerprint density at radius 3 is 2.58 bits per heavy atom. The maximum Gasteiger partial charge on any atom is 0.328 e. The first kappa shape index (κ1) is 20.7. The second-order valence-electron chi connectivity index (χ2n) is 7.95. The molecule has 0 spiro atoms. The smallest absolute Gasteiger partial charge is 0.296 e. The van der Waals surface area contributed by atoms with Crippen LogP contribution in [0, 0.1) is 0 Å². The molecule has 160 valence electrons. The van der Waals surface area contributed by atoms with Gasteiger partial charge in [0, 0.05) is 41.5 Å². The third-order valence-corrected chi connectivity index (χ3v) is 5.44. The van der Waals surface area contributed by atoms with Gasteiger partial charge in [-0.05, 0) is 49.1 Å². The zero-order valence-electron chi connectivity index (χ0n) is 18.1. The lowest BCUT2D eigenvalue weighted by Gasteiger charge is -2.10. The van der Waals surface area contributed by atoms with E-state index in [1.54, 1.807) is 12.4 Å². The number of aryl methyl sites for hydroxylation is 1. The van der Waals surface area contributed by atoms with Gasteiger partial charge in [-0.1, -0.05) is 37.6 Å². The Morgan fingerprint density at radius 2 is 1.90 bits per heavy atom. The molecule has 0 aliphatic carbocycles. The van der Waals surface area contributed by atoms with Gasteiger partial charge in [0.25, 0.3) is 0 Å². The van der Waals surface area contributed by atoms with Crippen molar-refractivity contribution >= 4 is 0 Å². The van der Waals surface area contributed by atoms with Gasteiger partial charge in [0.15, 0.2) is 0 Å². The lowest BCUT2D eigenvalue weighted by molar-refractivity contribution is 0.560. The molecule has 4 rings (SSSR count). The Labute approximate surface area is 181 Å². The molecule has 0 amide bonds. The molecule has 0 saturated heterocycles. The zero-order chi connectivity index (χ0) is 21.8. The lowest BCUT2D eigenvalue weighted by Crippen LogP contribution is -2.26. The predicted molar refractivity (Wildman–Crippen MR) is 120 cm³/mol. The number of H-pyrrole nitrogens is 1. The number of pyridine rings is 1. The minimum absolute atomic E-state index is 0.0526. The third-order valence-electron chi connectivity index (χ3n) is 5.44. The van der Waals surface area contributed by atoms with E-state index in [9.17, 15) is 4.79 Å². The first-order valence-corrected chi connectivity index (χ1v) is 10.7. The summed E-state index contributed by atoms with van der Waals surface area (Å²) < 4.78 is 3.73. The summed E-state index contributed by atoms with van der Waals surface area (Å²) in [4.78, 5) is 17.2. The highest BCUT2D eigenvalue weighted by Gasteiger charge is 2.14. The number of hydrogen-bond acceptors (Lipinski definition) is 5. The molecule has 4 aromatic rings. The van der Waals surface area contributed by atoms with Crippen molar-refractivity contribution in [2.45, 2.75) is 52.6 Å². The number of benzene rings is 1. The average Bonchev–Trinajstić information content (AvgIpc) is 3.42. The Balaban J connectivity index is 1.63. The highest BCUT2D eigenvalue weighted by molar-refractivity contribution is 5.79. The number of nitrogens with one attached hydrogen (secondary N) is 1. The van der Waals surface area contributed by atoms with E-state index in [0.717, 1.165) is 47.2 Å². The van der Waals surface area contributed by atoms with E-state index in [4.69, 9.17) is 0 Å². The fraction of sp³-hybridized carbons (Fsp3) is 0.348. The molecule has 8 heteroatoms. The molecule has 0 fully saturated rings. The van der Waals surface area contributed by atoms with Gasteiger partial charge >= 0.3 is 5.69 Å². The molecule has 0 unspecified atom stereocenters. The van der Waals surface area contributed by atoms with Crippen LogP contribution < -0.4 is 5.69 Å². The lowest BCUT2D eigenvalue weighted by atomic mass is 10.0. The minimum Gasteiger partial charge on any atom is -0.296 e. The molecule has 0 bridgehead atoms. The van der Waals surface area contributed by atoms with E-state index in [1.807, 2.05) is 47.4 Å². The fourth-order valence-corrected chi connectivity index (χ4v) is 3.71. The SMILES string of the molecule is CCCCc1cn(C(C)C)c(=O)n1Cc1ccc(-c2cnccc2-c2nn[nH]n2)cc1. The Morgan fingerprint density at radius 1 is 1.10 bits per heavy atom. The van der Waals surface area contributed by atoms with Gasteiger partial charge in [0.05, 0.1) is 6.54 Å². The van der Waals surface area contributed by atoms with E-state index < -0.39 is 0 Å². The van der Waals surface area contributed by atoms with Gasteiger partial charge in [-0.2, -0.15) is 5.21 Å². The molecule has 3 heterocycles. The quantitative estimate of drug-likeness (QED) is 0.470. The molecule has 1 N–H and O–H groups in total. The molecule has 31 heavy (non-hydrogen) atoms. The first-order valence-electron chi connectivity index (χ1n) is 10.7. The van der Waals surface area contributed by atoms with Crippen molar-refractivity contribution in [3.05, 3.63) is 70.7 Å². The fourth-order valence-electron chi connectivity index (χ4n) is 3.71. The number of hydrogen-bond donors (Lipinski definition) is 1. The van der Waals surface area contributed by atoms with Crippen LogP contribution in [0.4, 0.5) is 0 Å². The van der Waals surface area contributed by atoms with Crippen LogP contribution >= 0.6 is 0 Å². The molecular formula is C23H27N7O. The molecule has 0 atom stereocenters. The number of unbranched alkanes of at least 4 members (excludes halogenated alkanes) is 1. The Kier molecular flexibility index (Phi) is 6.06. The molecular weight excluding hydrogens is 390 g/mol. The van der Waals surface area contributed by atoms with Crippen molar-refractivity contribution < 1.29 is 0 Å². The largest absolute Gasteiger partial charge is 0.328 e. The molecule has 1 aromatic carbocycles. The second-order valence-corrected chi connectivity index (χ2v) is 7.95. The molecule has 3 aromatic heterocycles. The number of aromatic amines is 1. The van der Waals surface area contributed by atoms with Gasteiger partial charge < -0.3 is 0 Å². The van der Waals surface area contributed by atoms with E-state index >= 15 is 0 Å². The topological polar surface area (TPSA) is 94.3 Å². The van der Waals surface area contributed by atoms with Crippen LogP contribution in [0.25, 0.3) is 22.5 Å². The first-order chi connectivity index (χ1) is 15.1. The van der Waals surface area contributed by atoms with Crippen molar-refractivity contribution in [2.75, 3.05) is 0 Å². The highest BCUT2D eigenvalue weighted by Crippen LogP contribution is 2.29. The molecule has 8 nitrogen and oxygen atoms in total. The van der Waals surface area contributed by atoms with Gasteiger partial charge in [0.2, 0.25) is 5.82 Å². The summed E-state index contributed by atoms with van der Waals surface area (Å²) in [5.74, 6) is 0.531. The summed E-state index contributed by atoms with van der Waals surface area (Å²) in [5.41, 5.74) is 5.03. The zero-order valence-corrected chi connectivity index (χ0v) is 18.1. The van der Waals surface area contributed by atoms with Crippen molar-refractivity contribution in [3.63, 3.8) is 0 Å². The second kappa shape index (κ2) is 9.07. The van der Waals surface area contributed by atoms with Crippen LogP contribution in [0.15, 0.2) is 53.7 Å². The van der Waals surface area contributed by atoms with Crippen molar-refractivity contribution in [1.29, 1.82) is 0 Å². The highest BCUT2D eigenvalue weighted by atomic mass is 16.1. The maximum atomic E-state index is 13.0. The predicted octanol–water partition coefficient (Wildman–Crippen LogP) is 3.86. The van der Waals surface area contributed by atoms with Crippen LogP contribution in [-0.4, -0.2) is 34.7 Å². The summed E-state index contributed by atoms with van der Waals surface area (Å²) in [5, 5.41) is 14.3. The monoisotopic (exact) mass is 417 g/mol. The van der Waals surface area contributed by atoms with Crippen molar-refractivity contribution in [2.24, 2.45) is 0 Å². The molecule has 0 saturated carbocycles. The van der Waals surface area contributed by atoms with Gasteiger partial charge in [-0.3, -0.25) is 14.1 Å². The summed E-state index contributed by atoms with van der Waals surface area (Å²) in [6.07, 6.45) is 8.62. The maximum absolute atomic E-state index is 13.0. The van der Waals surface area contributed by atoms with E-state index in [-0.39, 0.29) is 11.7 Å². The number of rotatable bonds is 8. The molecule has 0 aliphatic rings. The summed E-state index contributed by atoms with van der Waals surface area (Å²) in [7, 11) is 0. The van der Waals surface area contributed by atoms with Crippen LogP contribution in [0.5, 0.6) is 0 Å². The summed E-state index contributed by atoms with van der Waals surface area (Å²) in [6.45, 7) is 6.81. The number of imidazole rings is 1. The Bertz CT molecular complexity index is 1190. The van der Waals surface area contributed by atoms with E-state index in [2.05, 4.69) is 44.7 Å². The van der Waals surface area contributed by atoms with Gasteiger partial charge in [-0.15, -0.1) is 10.2 Å². The van der Waals surface area contributed by atoms with Gasteiger partial charge in [0.1, 0.15) is 0 Å². The molecule has 0 radical (unpaired) electrons. The van der Waals surface area contributed by atoms with Crippen LogP contribution in [-0.2, 0) is 13.0 Å². The number of tetrazole rings is 1. The van der Waals surface area contributed by atoms with E-state index in [1.165, 1.54) is 0 Å². The standard InChI is InChI=1S/C23H27N7O/c1-4-5-6-19-15-29(16(2)3)23(31)30(19)14-17-7-9-18(10-8-17)21-13-24-12-11-20(21)22-25-27-28-26-22/h7-13,15-16H,4-6,14H2,1-3H3,(H,25,26,27,28). The van der Waals surface area contributed by atoms with Crippen molar-refractivity contribution in [3.8, 4) is 22.5 Å². The molecule has 0 aliphatic heterocycles. The average molecular weight is 418 g/mol. The normalized spacial score (nSPS) is 11.4. The minimum atomic E-state index is 0.0526. The third kappa shape index (κ3) is 4.33. The number of nitrogens with zero attached hydrogens (tertiary/aromatic N) is 6. The summed E-state index contributed by atoms with van der Waals surface area (Å²) in [6, 6.07) is 10.2. The number of aromatic nitrogens is 7. The van der Waals surface area contributed by atoms with Crippen LogP contribution in [0.2, 0.25) is 0 Å². The van der Waals surface area contributed by atoms with Crippen molar-refractivity contribution in [1.82, 2.24) is 34.7 Å². The Hall–Kier alpha value is -3.55. The van der Waals surface area contributed by atoms with Crippen LogP contribution in [0.3, 0.4) is 0 Å².